The summed E-state index contributed by atoms with van der Waals surface area (Å²) in [6.07, 6.45) is 0. The summed E-state index contributed by atoms with van der Waals surface area (Å²) >= 11 is 0. The van der Waals surface area contributed by atoms with Crippen LogP contribution in [0.4, 0.5) is 4.39 Å². The van der Waals surface area contributed by atoms with Crippen LogP contribution in [0.15, 0.2) is 24.3 Å². The average Bonchev–Trinajstić information content (AvgIpc) is 2.29. The molecule has 1 aromatic rings. The van der Waals surface area contributed by atoms with Gasteiger partial charge in [-0.15, -0.1) is 0 Å². The molecule has 1 atom stereocenters. The van der Waals surface area contributed by atoms with E-state index < -0.39 is 0 Å². The summed E-state index contributed by atoms with van der Waals surface area (Å²) in [5.74, 6) is 0.0578. The van der Waals surface area contributed by atoms with Crippen molar-refractivity contribution in [1.82, 2.24) is 5.32 Å². The van der Waals surface area contributed by atoms with E-state index in [1.807, 2.05) is 19.1 Å². The van der Waals surface area contributed by atoms with Crippen LogP contribution in [0.25, 0.3) is 0 Å². The van der Waals surface area contributed by atoms with Crippen molar-refractivity contribution in [3.63, 3.8) is 0 Å². The molecule has 0 spiro atoms. The van der Waals surface area contributed by atoms with Crippen molar-refractivity contribution in [3.05, 3.63) is 35.6 Å². The number of hydrogen-bond donors (Lipinski definition) is 1. The highest BCUT2D eigenvalue weighted by molar-refractivity contribution is 5.21. The van der Waals surface area contributed by atoms with E-state index in [-0.39, 0.29) is 17.3 Å². The van der Waals surface area contributed by atoms with Gasteiger partial charge in [-0.3, -0.25) is 0 Å². The van der Waals surface area contributed by atoms with E-state index >= 15 is 0 Å². The Balaban J connectivity index is 2.68. The fourth-order valence-corrected chi connectivity index (χ4v) is 1.70. The predicted octanol–water partition coefficient (Wildman–Crippen LogP) is 3.33. The minimum Gasteiger partial charge on any atom is -0.381 e. The van der Waals surface area contributed by atoms with Crippen molar-refractivity contribution in [2.75, 3.05) is 19.8 Å². The number of halogens is 1. The van der Waals surface area contributed by atoms with Crippen LogP contribution in [0.2, 0.25) is 0 Å². The molecule has 1 aromatic carbocycles. The molecule has 0 aliphatic carbocycles. The maximum atomic E-state index is 12.9. The minimum absolute atomic E-state index is 0.0739. The molecule has 0 heterocycles. The highest BCUT2D eigenvalue weighted by atomic mass is 19.1. The van der Waals surface area contributed by atoms with E-state index in [1.165, 1.54) is 12.1 Å². The molecule has 0 aliphatic rings. The fourth-order valence-electron chi connectivity index (χ4n) is 1.70. The SMILES string of the molecule is CCOCC(CNC(C)(C)C)c1ccc(F)cc1. The van der Waals surface area contributed by atoms with Crippen LogP contribution in [0.5, 0.6) is 0 Å². The van der Waals surface area contributed by atoms with Crippen LogP contribution in [-0.4, -0.2) is 25.3 Å². The van der Waals surface area contributed by atoms with Crippen molar-refractivity contribution in [2.24, 2.45) is 0 Å². The van der Waals surface area contributed by atoms with E-state index in [4.69, 9.17) is 4.74 Å². The van der Waals surface area contributed by atoms with E-state index in [9.17, 15) is 4.39 Å². The molecule has 1 rings (SSSR count). The van der Waals surface area contributed by atoms with Gasteiger partial charge in [0.25, 0.3) is 0 Å². The van der Waals surface area contributed by atoms with Crippen LogP contribution in [0.1, 0.15) is 39.2 Å². The zero-order chi connectivity index (χ0) is 13.6. The second kappa shape index (κ2) is 6.86. The molecule has 0 fully saturated rings. The molecule has 0 aliphatic heterocycles. The summed E-state index contributed by atoms with van der Waals surface area (Å²) in [5.41, 5.74) is 1.19. The van der Waals surface area contributed by atoms with Gasteiger partial charge in [0.05, 0.1) is 6.61 Å². The highest BCUT2D eigenvalue weighted by Crippen LogP contribution is 2.17. The van der Waals surface area contributed by atoms with Crippen molar-refractivity contribution in [3.8, 4) is 0 Å². The molecular weight excluding hydrogens is 229 g/mol. The van der Waals surface area contributed by atoms with E-state index in [0.29, 0.717) is 13.2 Å². The third kappa shape index (κ3) is 5.61. The van der Waals surface area contributed by atoms with Gasteiger partial charge in [-0.05, 0) is 45.4 Å². The van der Waals surface area contributed by atoms with Gasteiger partial charge in [0, 0.05) is 24.6 Å². The van der Waals surface area contributed by atoms with Gasteiger partial charge in [0.1, 0.15) is 5.82 Å². The Morgan fingerprint density at radius 2 is 1.83 bits per heavy atom. The summed E-state index contributed by atoms with van der Waals surface area (Å²) in [7, 11) is 0. The first-order valence-electron chi connectivity index (χ1n) is 6.50. The van der Waals surface area contributed by atoms with Crippen LogP contribution in [-0.2, 0) is 4.74 Å². The summed E-state index contributed by atoms with van der Waals surface area (Å²) < 4.78 is 18.4. The van der Waals surface area contributed by atoms with Gasteiger partial charge in [0.2, 0.25) is 0 Å². The number of hydrogen-bond acceptors (Lipinski definition) is 2. The normalized spacial score (nSPS) is 13.6. The van der Waals surface area contributed by atoms with E-state index in [2.05, 4.69) is 26.1 Å². The van der Waals surface area contributed by atoms with Crippen LogP contribution in [0.3, 0.4) is 0 Å². The predicted molar refractivity (Wildman–Crippen MR) is 73.4 cm³/mol. The molecule has 0 radical (unpaired) electrons. The first-order chi connectivity index (χ1) is 8.42. The van der Waals surface area contributed by atoms with Crippen molar-refractivity contribution in [1.29, 1.82) is 0 Å². The quantitative estimate of drug-likeness (QED) is 0.839. The van der Waals surface area contributed by atoms with Crippen LogP contribution >= 0.6 is 0 Å². The zero-order valence-corrected chi connectivity index (χ0v) is 11.8. The first-order valence-corrected chi connectivity index (χ1v) is 6.50. The lowest BCUT2D eigenvalue weighted by atomic mass is 9.98. The second-order valence-corrected chi connectivity index (χ2v) is 5.54. The monoisotopic (exact) mass is 253 g/mol. The van der Waals surface area contributed by atoms with Crippen molar-refractivity contribution >= 4 is 0 Å². The topological polar surface area (TPSA) is 21.3 Å². The second-order valence-electron chi connectivity index (χ2n) is 5.54. The van der Waals surface area contributed by atoms with Crippen LogP contribution in [0, 0.1) is 5.82 Å². The summed E-state index contributed by atoms with van der Waals surface area (Å²) in [4.78, 5) is 0. The molecule has 0 saturated carbocycles. The number of ether oxygens (including phenoxy) is 1. The molecule has 2 nitrogen and oxygen atoms in total. The maximum absolute atomic E-state index is 12.9. The lowest BCUT2D eigenvalue weighted by Gasteiger charge is -2.25. The number of nitrogens with one attached hydrogen (secondary N) is 1. The smallest absolute Gasteiger partial charge is 0.123 e. The Labute approximate surface area is 110 Å². The Hall–Kier alpha value is -0.930. The van der Waals surface area contributed by atoms with Gasteiger partial charge in [-0.25, -0.2) is 4.39 Å². The molecule has 0 saturated heterocycles. The molecule has 0 bridgehead atoms. The Kier molecular flexibility index (Phi) is 5.76. The van der Waals surface area contributed by atoms with Gasteiger partial charge in [-0.2, -0.15) is 0 Å². The van der Waals surface area contributed by atoms with Gasteiger partial charge < -0.3 is 10.1 Å². The summed E-state index contributed by atoms with van der Waals surface area (Å²) in [6, 6.07) is 6.68. The first kappa shape index (κ1) is 15.1. The molecule has 0 amide bonds. The summed E-state index contributed by atoms with van der Waals surface area (Å²) in [6.45, 7) is 10.6. The molecule has 0 aromatic heterocycles. The van der Waals surface area contributed by atoms with Crippen molar-refractivity contribution < 1.29 is 9.13 Å². The molecule has 1 unspecified atom stereocenters. The van der Waals surface area contributed by atoms with Crippen LogP contribution < -0.4 is 5.32 Å². The van der Waals surface area contributed by atoms with Gasteiger partial charge in [-0.1, -0.05) is 12.1 Å². The molecule has 18 heavy (non-hydrogen) atoms. The Morgan fingerprint density at radius 3 is 2.33 bits per heavy atom. The standard InChI is InChI=1S/C15H24FNO/c1-5-18-11-13(10-17-15(2,3)4)12-6-8-14(16)9-7-12/h6-9,13,17H,5,10-11H2,1-4H3. The highest BCUT2D eigenvalue weighted by Gasteiger charge is 2.16. The average molecular weight is 253 g/mol. The maximum Gasteiger partial charge on any atom is 0.123 e. The van der Waals surface area contributed by atoms with E-state index in [1.54, 1.807) is 0 Å². The lowest BCUT2D eigenvalue weighted by molar-refractivity contribution is 0.129. The minimum atomic E-state index is -0.197. The number of benzene rings is 1. The Bertz CT molecular complexity index is 343. The molecule has 1 N–H and O–H groups in total. The molecule has 3 heteroatoms. The molecule has 102 valence electrons. The van der Waals surface area contributed by atoms with E-state index in [0.717, 1.165) is 12.1 Å². The third-order valence-electron chi connectivity index (χ3n) is 2.74. The summed E-state index contributed by atoms with van der Waals surface area (Å²) in [5, 5.41) is 3.47. The Morgan fingerprint density at radius 1 is 1.22 bits per heavy atom. The molecular formula is C15H24FNO. The fraction of sp³-hybridized carbons (Fsp3) is 0.600. The lowest BCUT2D eigenvalue weighted by Crippen LogP contribution is -2.39. The van der Waals surface area contributed by atoms with Gasteiger partial charge >= 0.3 is 0 Å². The number of rotatable bonds is 6. The third-order valence-corrected chi connectivity index (χ3v) is 2.74. The largest absolute Gasteiger partial charge is 0.381 e. The van der Waals surface area contributed by atoms with Crippen molar-refractivity contribution in [2.45, 2.75) is 39.2 Å². The van der Waals surface area contributed by atoms with Gasteiger partial charge in [0.15, 0.2) is 0 Å². The zero-order valence-electron chi connectivity index (χ0n) is 11.8.